The summed E-state index contributed by atoms with van der Waals surface area (Å²) in [4.78, 5) is 12.0. The number of amides is 1. The average molecular weight is 226 g/mol. The van der Waals surface area contributed by atoms with Crippen LogP contribution in [-0.2, 0) is 9.53 Å². The van der Waals surface area contributed by atoms with Gasteiger partial charge in [-0.25, -0.2) is 0 Å². The fraction of sp³-hybridized carbons (Fsp3) is 0.917. The van der Waals surface area contributed by atoms with Gasteiger partial charge < -0.3 is 15.4 Å². The summed E-state index contributed by atoms with van der Waals surface area (Å²) in [7, 11) is 0. The van der Waals surface area contributed by atoms with Gasteiger partial charge in [0, 0.05) is 18.6 Å². The molecule has 2 rings (SSSR count). The van der Waals surface area contributed by atoms with Gasteiger partial charge in [0.25, 0.3) is 0 Å². The number of nitrogens with one attached hydrogen (secondary N) is 2. The first-order valence-electron chi connectivity index (χ1n) is 6.30. The Morgan fingerprint density at radius 1 is 1.50 bits per heavy atom. The molecule has 4 atom stereocenters. The number of hydrogen-bond acceptors (Lipinski definition) is 3. The monoisotopic (exact) mass is 226 g/mol. The zero-order valence-electron chi connectivity index (χ0n) is 10.2. The van der Waals surface area contributed by atoms with E-state index in [9.17, 15) is 4.79 Å². The van der Waals surface area contributed by atoms with Crippen LogP contribution in [0.15, 0.2) is 0 Å². The second kappa shape index (κ2) is 5.15. The molecule has 1 amide bonds. The molecule has 0 aromatic rings. The van der Waals surface area contributed by atoms with E-state index in [0.717, 1.165) is 32.6 Å². The second-order valence-electron chi connectivity index (χ2n) is 5.12. The van der Waals surface area contributed by atoms with Gasteiger partial charge in [0.05, 0.1) is 12.6 Å². The van der Waals surface area contributed by atoms with Gasteiger partial charge in [0.2, 0.25) is 5.91 Å². The summed E-state index contributed by atoms with van der Waals surface area (Å²) < 4.78 is 5.34. The van der Waals surface area contributed by atoms with Crippen molar-refractivity contribution in [1.29, 1.82) is 0 Å². The Balaban J connectivity index is 1.81. The van der Waals surface area contributed by atoms with Crippen LogP contribution < -0.4 is 10.6 Å². The molecular formula is C12H22N2O2. The standard InChI is InChI=1S/C12H22N2O2/c1-8-3-5-13-11(8)12(15)14-9(2)10-4-6-16-7-10/h8-11,13H,3-7H2,1-2H3,(H,14,15). The molecule has 4 unspecified atom stereocenters. The minimum Gasteiger partial charge on any atom is -0.381 e. The van der Waals surface area contributed by atoms with Gasteiger partial charge in [-0.1, -0.05) is 6.92 Å². The largest absolute Gasteiger partial charge is 0.381 e. The zero-order chi connectivity index (χ0) is 11.5. The van der Waals surface area contributed by atoms with E-state index in [2.05, 4.69) is 24.5 Å². The molecule has 0 aromatic carbocycles. The van der Waals surface area contributed by atoms with Crippen molar-refractivity contribution in [3.05, 3.63) is 0 Å². The van der Waals surface area contributed by atoms with E-state index in [1.807, 2.05) is 0 Å². The van der Waals surface area contributed by atoms with Gasteiger partial charge >= 0.3 is 0 Å². The first-order chi connectivity index (χ1) is 7.68. The normalized spacial score (nSPS) is 36.2. The Labute approximate surface area is 97.1 Å². The number of ether oxygens (including phenoxy) is 1. The fourth-order valence-electron chi connectivity index (χ4n) is 2.56. The molecule has 0 aliphatic carbocycles. The molecule has 2 aliphatic heterocycles. The lowest BCUT2D eigenvalue weighted by atomic mass is 9.98. The maximum atomic E-state index is 12.0. The average Bonchev–Trinajstić information content (AvgIpc) is 2.86. The third-order valence-corrected chi connectivity index (χ3v) is 3.86. The fourth-order valence-corrected chi connectivity index (χ4v) is 2.56. The molecule has 92 valence electrons. The van der Waals surface area contributed by atoms with Crippen molar-refractivity contribution in [2.75, 3.05) is 19.8 Å². The zero-order valence-corrected chi connectivity index (χ0v) is 10.2. The molecule has 16 heavy (non-hydrogen) atoms. The van der Waals surface area contributed by atoms with E-state index in [0.29, 0.717) is 11.8 Å². The van der Waals surface area contributed by atoms with Crippen molar-refractivity contribution in [3.63, 3.8) is 0 Å². The molecule has 2 saturated heterocycles. The van der Waals surface area contributed by atoms with Crippen LogP contribution in [0.5, 0.6) is 0 Å². The van der Waals surface area contributed by atoms with Gasteiger partial charge in [-0.15, -0.1) is 0 Å². The topological polar surface area (TPSA) is 50.4 Å². The first kappa shape index (κ1) is 11.9. The van der Waals surface area contributed by atoms with Crippen molar-refractivity contribution in [3.8, 4) is 0 Å². The lowest BCUT2D eigenvalue weighted by Gasteiger charge is -2.23. The van der Waals surface area contributed by atoms with E-state index in [4.69, 9.17) is 4.74 Å². The Kier molecular flexibility index (Phi) is 3.82. The Hall–Kier alpha value is -0.610. The van der Waals surface area contributed by atoms with Crippen LogP contribution >= 0.6 is 0 Å². The van der Waals surface area contributed by atoms with Crippen molar-refractivity contribution in [2.24, 2.45) is 11.8 Å². The van der Waals surface area contributed by atoms with Gasteiger partial charge in [-0.2, -0.15) is 0 Å². The summed E-state index contributed by atoms with van der Waals surface area (Å²) in [5, 5.41) is 6.37. The molecule has 2 heterocycles. The van der Waals surface area contributed by atoms with Crippen molar-refractivity contribution >= 4 is 5.91 Å². The van der Waals surface area contributed by atoms with Crippen LogP contribution in [0, 0.1) is 11.8 Å². The van der Waals surface area contributed by atoms with Crippen LogP contribution in [0.25, 0.3) is 0 Å². The highest BCUT2D eigenvalue weighted by molar-refractivity contribution is 5.82. The quantitative estimate of drug-likeness (QED) is 0.738. The molecule has 0 saturated carbocycles. The maximum Gasteiger partial charge on any atom is 0.237 e. The predicted octanol–water partition coefficient (Wildman–Crippen LogP) is 0.526. The van der Waals surface area contributed by atoms with Gasteiger partial charge in [0.15, 0.2) is 0 Å². The maximum absolute atomic E-state index is 12.0. The third-order valence-electron chi connectivity index (χ3n) is 3.86. The molecule has 4 heteroatoms. The molecule has 4 nitrogen and oxygen atoms in total. The van der Waals surface area contributed by atoms with E-state index < -0.39 is 0 Å². The molecule has 2 N–H and O–H groups in total. The lowest BCUT2D eigenvalue weighted by molar-refractivity contribution is -0.124. The highest BCUT2D eigenvalue weighted by Crippen LogP contribution is 2.18. The molecule has 0 aromatic heterocycles. The summed E-state index contributed by atoms with van der Waals surface area (Å²) in [5.74, 6) is 1.09. The number of carbonyl (C=O) groups excluding carboxylic acids is 1. The van der Waals surface area contributed by atoms with E-state index in [1.54, 1.807) is 0 Å². The summed E-state index contributed by atoms with van der Waals surface area (Å²) in [6, 6.07) is 0.231. The summed E-state index contributed by atoms with van der Waals surface area (Å²) in [6.07, 6.45) is 2.16. The number of carbonyl (C=O) groups is 1. The molecule has 2 aliphatic rings. The van der Waals surface area contributed by atoms with Crippen molar-refractivity contribution < 1.29 is 9.53 Å². The predicted molar refractivity (Wildman–Crippen MR) is 62.1 cm³/mol. The Bertz CT molecular complexity index is 251. The Morgan fingerprint density at radius 3 is 2.88 bits per heavy atom. The summed E-state index contributed by atoms with van der Waals surface area (Å²) in [5.41, 5.74) is 0. The molecule has 0 bridgehead atoms. The number of hydrogen-bond donors (Lipinski definition) is 2. The van der Waals surface area contributed by atoms with Crippen LogP contribution in [0.3, 0.4) is 0 Å². The third kappa shape index (κ3) is 2.55. The minimum absolute atomic E-state index is 0.00442. The molecule has 0 spiro atoms. The van der Waals surface area contributed by atoms with Gasteiger partial charge in [-0.3, -0.25) is 4.79 Å². The molecular weight excluding hydrogens is 204 g/mol. The molecule has 2 fully saturated rings. The second-order valence-corrected chi connectivity index (χ2v) is 5.12. The van der Waals surface area contributed by atoms with Crippen molar-refractivity contribution in [1.82, 2.24) is 10.6 Å². The van der Waals surface area contributed by atoms with E-state index >= 15 is 0 Å². The highest BCUT2D eigenvalue weighted by atomic mass is 16.5. The highest BCUT2D eigenvalue weighted by Gasteiger charge is 2.31. The van der Waals surface area contributed by atoms with Crippen molar-refractivity contribution in [2.45, 2.75) is 38.8 Å². The Morgan fingerprint density at radius 2 is 2.31 bits per heavy atom. The van der Waals surface area contributed by atoms with Crippen LogP contribution in [0.1, 0.15) is 26.7 Å². The lowest BCUT2D eigenvalue weighted by Crippen LogP contribution is -2.48. The van der Waals surface area contributed by atoms with Crippen LogP contribution in [0.2, 0.25) is 0 Å². The van der Waals surface area contributed by atoms with Gasteiger partial charge in [-0.05, 0) is 32.2 Å². The van der Waals surface area contributed by atoms with Crippen LogP contribution in [0.4, 0.5) is 0 Å². The number of rotatable bonds is 3. The van der Waals surface area contributed by atoms with E-state index in [1.165, 1.54) is 0 Å². The first-order valence-corrected chi connectivity index (χ1v) is 6.30. The SMILES string of the molecule is CC1CCNC1C(=O)NC(C)C1CCOC1. The smallest absolute Gasteiger partial charge is 0.237 e. The molecule has 0 radical (unpaired) electrons. The van der Waals surface area contributed by atoms with Gasteiger partial charge in [0.1, 0.15) is 0 Å². The summed E-state index contributed by atoms with van der Waals surface area (Å²) >= 11 is 0. The summed E-state index contributed by atoms with van der Waals surface area (Å²) in [6.45, 7) is 6.79. The van der Waals surface area contributed by atoms with E-state index in [-0.39, 0.29) is 18.0 Å². The minimum atomic E-state index is 0.00442. The van der Waals surface area contributed by atoms with Crippen LogP contribution in [-0.4, -0.2) is 37.7 Å².